The molecule has 2 aromatic rings. The second-order valence-corrected chi connectivity index (χ2v) is 11.4. The smallest absolute Gasteiger partial charge is 0.417 e. The van der Waals surface area contributed by atoms with Gasteiger partial charge in [-0.2, -0.15) is 13.2 Å². The molecule has 0 amide bonds. The van der Waals surface area contributed by atoms with Crippen LogP contribution in [-0.4, -0.2) is 81.1 Å². The molecule has 0 saturated carbocycles. The maximum atomic E-state index is 13.3. The summed E-state index contributed by atoms with van der Waals surface area (Å²) in [5, 5.41) is 3.03. The first-order valence-corrected chi connectivity index (χ1v) is 16.7. The van der Waals surface area contributed by atoms with Crippen molar-refractivity contribution in [3.63, 3.8) is 0 Å². The van der Waals surface area contributed by atoms with Gasteiger partial charge in [-0.1, -0.05) is 45.9 Å². The summed E-state index contributed by atoms with van der Waals surface area (Å²) in [7, 11) is 0. The first kappa shape index (κ1) is 38.1. The zero-order valence-corrected chi connectivity index (χ0v) is 28.7. The monoisotopic (exact) mass is 676 g/mol. The van der Waals surface area contributed by atoms with Crippen molar-refractivity contribution in [3.05, 3.63) is 94.6 Å². The van der Waals surface area contributed by atoms with E-state index in [9.17, 15) is 13.2 Å². The number of halogens is 4. The predicted octanol–water partition coefficient (Wildman–Crippen LogP) is 8.32. The molecule has 1 aliphatic heterocycles. The van der Waals surface area contributed by atoms with Crippen molar-refractivity contribution in [2.75, 3.05) is 65.6 Å². The van der Waals surface area contributed by atoms with Crippen molar-refractivity contribution in [2.24, 2.45) is 4.99 Å². The summed E-state index contributed by atoms with van der Waals surface area (Å²) in [6.07, 6.45) is 0.738. The molecule has 47 heavy (non-hydrogen) atoms. The summed E-state index contributed by atoms with van der Waals surface area (Å²) in [4.78, 5) is 9.68. The lowest BCUT2D eigenvalue weighted by Gasteiger charge is -2.21. The van der Waals surface area contributed by atoms with Gasteiger partial charge in [0.2, 0.25) is 0 Å². The number of benzene rings is 2. The van der Waals surface area contributed by atoms with Gasteiger partial charge in [-0.3, -0.25) is 4.99 Å². The van der Waals surface area contributed by atoms with Gasteiger partial charge in [-0.15, -0.1) is 0 Å². The minimum atomic E-state index is -4.58. The molecule has 1 aliphatic rings. The minimum Gasteiger partial charge on any atom is -0.493 e. The van der Waals surface area contributed by atoms with Crippen molar-refractivity contribution < 1.29 is 27.4 Å². The van der Waals surface area contributed by atoms with E-state index >= 15 is 0 Å². The quantitative estimate of drug-likeness (QED) is 0.0918. The number of ether oxygens (including phenoxy) is 3. The molecule has 0 unspecified atom stereocenters. The molecule has 0 aliphatic carbocycles. The highest BCUT2D eigenvalue weighted by molar-refractivity contribution is 6.31. The molecular weight excluding hydrogens is 629 g/mol. The van der Waals surface area contributed by atoms with Crippen molar-refractivity contribution in [1.29, 1.82) is 0 Å². The molecule has 0 saturated heterocycles. The van der Waals surface area contributed by atoms with Crippen molar-refractivity contribution in [1.82, 2.24) is 15.1 Å². The number of hydrogen-bond donors (Lipinski definition) is 1. The van der Waals surface area contributed by atoms with Crippen LogP contribution in [0.15, 0.2) is 83.4 Å². The molecule has 11 heteroatoms. The van der Waals surface area contributed by atoms with Gasteiger partial charge in [0.15, 0.2) is 0 Å². The van der Waals surface area contributed by atoms with Crippen LogP contribution in [0.4, 0.5) is 13.2 Å². The Hall–Kier alpha value is -3.31. The van der Waals surface area contributed by atoms with Crippen LogP contribution in [0, 0.1) is 0 Å². The van der Waals surface area contributed by atoms with Crippen molar-refractivity contribution >= 4 is 17.3 Å². The number of nitrogens with zero attached hydrogens (tertiary/aromatic N) is 3. The Morgan fingerprint density at radius 3 is 2.06 bits per heavy atom. The van der Waals surface area contributed by atoms with E-state index in [1.807, 2.05) is 18.2 Å². The summed E-state index contributed by atoms with van der Waals surface area (Å²) in [6.45, 7) is 20.6. The fraction of sp³-hybridized carbons (Fsp3) is 0.472. The van der Waals surface area contributed by atoms with Crippen LogP contribution in [0.25, 0.3) is 0 Å². The highest BCUT2D eigenvalue weighted by Crippen LogP contribution is 2.37. The molecule has 7 nitrogen and oxygen atoms in total. The number of aliphatic imine (C=N–C) groups is 1. The average molecular weight is 677 g/mol. The highest BCUT2D eigenvalue weighted by Gasteiger charge is 2.33. The maximum Gasteiger partial charge on any atom is 0.417 e. The highest BCUT2D eigenvalue weighted by atomic mass is 35.5. The number of allylic oxidation sites excluding steroid dienone is 2. The molecule has 0 fully saturated rings. The van der Waals surface area contributed by atoms with E-state index in [-0.39, 0.29) is 10.8 Å². The Morgan fingerprint density at radius 2 is 1.49 bits per heavy atom. The third-order valence-corrected chi connectivity index (χ3v) is 8.16. The fourth-order valence-electron chi connectivity index (χ4n) is 5.01. The molecule has 0 atom stereocenters. The van der Waals surface area contributed by atoms with Gasteiger partial charge < -0.3 is 29.3 Å². The van der Waals surface area contributed by atoms with Crippen LogP contribution in [0.1, 0.15) is 51.7 Å². The van der Waals surface area contributed by atoms with Crippen LogP contribution in [0.3, 0.4) is 0 Å². The van der Waals surface area contributed by atoms with Gasteiger partial charge in [0.05, 0.1) is 35.2 Å². The summed E-state index contributed by atoms with van der Waals surface area (Å²) in [5.41, 5.74) is 1.43. The zero-order valence-electron chi connectivity index (χ0n) is 28.0. The third kappa shape index (κ3) is 12.3. The molecule has 0 radical (unpaired) electrons. The second-order valence-electron chi connectivity index (χ2n) is 10.9. The first-order valence-electron chi connectivity index (χ1n) is 16.3. The SMILES string of the molecule is C=C/C(=C\C(OCCCN(CC)CC)=C1/CNCC(c2ccc(Oc3ccc(Cl)c(C(F)(F)F)c3)cc2)=N1)OCCCN(CC)CC. The van der Waals surface area contributed by atoms with Crippen LogP contribution < -0.4 is 10.1 Å². The number of hydrogen-bond acceptors (Lipinski definition) is 7. The Balaban J connectivity index is 1.81. The summed E-state index contributed by atoms with van der Waals surface area (Å²) < 4.78 is 58.0. The Labute approximate surface area is 282 Å². The Bertz CT molecular complexity index is 1370. The maximum absolute atomic E-state index is 13.3. The minimum absolute atomic E-state index is 0.0410. The van der Waals surface area contributed by atoms with Gasteiger partial charge >= 0.3 is 6.18 Å². The average Bonchev–Trinajstić information content (AvgIpc) is 3.07. The summed E-state index contributed by atoms with van der Waals surface area (Å²) >= 11 is 5.74. The van der Waals surface area contributed by atoms with E-state index < -0.39 is 11.7 Å². The van der Waals surface area contributed by atoms with Crippen molar-refractivity contribution in [3.8, 4) is 11.5 Å². The van der Waals surface area contributed by atoms with E-state index in [1.54, 1.807) is 18.2 Å². The van der Waals surface area contributed by atoms with Gasteiger partial charge in [-0.05, 0) is 93.1 Å². The molecule has 0 aromatic heterocycles. The zero-order chi connectivity index (χ0) is 34.2. The molecule has 1 heterocycles. The molecule has 0 spiro atoms. The number of nitrogens with one attached hydrogen (secondary N) is 1. The van der Waals surface area contributed by atoms with Crippen LogP contribution >= 0.6 is 11.6 Å². The lowest BCUT2D eigenvalue weighted by molar-refractivity contribution is -0.137. The molecule has 1 N–H and O–H groups in total. The largest absolute Gasteiger partial charge is 0.493 e. The number of alkyl halides is 3. The van der Waals surface area contributed by atoms with Crippen LogP contribution in [-0.2, 0) is 15.7 Å². The second kappa shape index (κ2) is 19.5. The third-order valence-electron chi connectivity index (χ3n) is 7.83. The Kier molecular flexibility index (Phi) is 15.8. The molecule has 258 valence electrons. The van der Waals surface area contributed by atoms with Crippen LogP contribution in [0.5, 0.6) is 11.5 Å². The predicted molar refractivity (Wildman–Crippen MR) is 184 cm³/mol. The normalized spacial score (nSPS) is 15.1. The van der Waals surface area contributed by atoms with Gasteiger partial charge in [-0.25, -0.2) is 0 Å². The summed E-state index contributed by atoms with van der Waals surface area (Å²) in [6, 6.07) is 10.5. The van der Waals surface area contributed by atoms with E-state index in [2.05, 4.69) is 49.4 Å². The lowest BCUT2D eigenvalue weighted by Crippen LogP contribution is -2.31. The van der Waals surface area contributed by atoms with E-state index in [4.69, 9.17) is 30.8 Å². The van der Waals surface area contributed by atoms with Gasteiger partial charge in [0, 0.05) is 32.3 Å². The molecule has 0 bridgehead atoms. The molecule has 2 aromatic carbocycles. The van der Waals surface area contributed by atoms with Crippen LogP contribution in [0.2, 0.25) is 5.02 Å². The standard InChI is InChI=1S/C36H48ClF3N4O3/c1-6-28(45-21-11-19-43(7-2)8-3)24-35(46-22-12-20-44(9-4)10-5)34-26-41-25-33(42-34)27-13-15-29(16-14-27)47-30-17-18-32(37)31(23-30)36(38,39)40/h6,13-18,23-24,41H,1,7-12,19-22,25-26H2,2-5H3/b28-24+,35-34-. The number of rotatable bonds is 19. The van der Waals surface area contributed by atoms with E-state index in [0.717, 1.165) is 75.1 Å². The van der Waals surface area contributed by atoms with E-state index in [0.29, 0.717) is 43.6 Å². The van der Waals surface area contributed by atoms with Gasteiger partial charge in [0.25, 0.3) is 0 Å². The van der Waals surface area contributed by atoms with E-state index in [1.165, 1.54) is 12.1 Å². The molecular formula is C36H48ClF3N4O3. The van der Waals surface area contributed by atoms with Crippen molar-refractivity contribution in [2.45, 2.75) is 46.7 Å². The Morgan fingerprint density at radius 1 is 0.894 bits per heavy atom. The van der Waals surface area contributed by atoms with Gasteiger partial charge in [0.1, 0.15) is 23.0 Å². The molecule has 3 rings (SSSR count). The first-order chi connectivity index (χ1) is 22.6. The lowest BCUT2D eigenvalue weighted by atomic mass is 10.1. The summed E-state index contributed by atoms with van der Waals surface area (Å²) in [5.74, 6) is 1.67. The fourth-order valence-corrected chi connectivity index (χ4v) is 5.24. The topological polar surface area (TPSA) is 58.6 Å².